The molecule has 0 aromatic carbocycles. The Bertz CT molecular complexity index is 193. The van der Waals surface area contributed by atoms with Gasteiger partial charge >= 0.3 is 0 Å². The first kappa shape index (κ1) is 10.5. The predicted octanol–water partition coefficient (Wildman–Crippen LogP) is -0.471. The molecule has 4 N–H and O–H groups in total. The number of amides is 1. The Labute approximate surface area is 79.3 Å². The van der Waals surface area contributed by atoms with Crippen molar-refractivity contribution < 1.29 is 4.79 Å². The van der Waals surface area contributed by atoms with E-state index in [2.05, 4.69) is 0 Å². The van der Waals surface area contributed by atoms with Gasteiger partial charge in [0.1, 0.15) is 0 Å². The van der Waals surface area contributed by atoms with Crippen molar-refractivity contribution >= 4 is 5.91 Å². The van der Waals surface area contributed by atoms with Gasteiger partial charge in [-0.1, -0.05) is 0 Å². The van der Waals surface area contributed by atoms with Gasteiger partial charge in [0.05, 0.1) is 0 Å². The lowest BCUT2D eigenvalue weighted by Crippen LogP contribution is -2.48. The second-order valence-corrected chi connectivity index (χ2v) is 4.07. The number of carbonyl (C=O) groups is 1. The highest BCUT2D eigenvalue weighted by Gasteiger charge is 2.30. The fourth-order valence-corrected chi connectivity index (χ4v) is 1.82. The predicted molar refractivity (Wildman–Crippen MR) is 52.0 cm³/mol. The van der Waals surface area contributed by atoms with Gasteiger partial charge in [-0.2, -0.15) is 0 Å². The minimum absolute atomic E-state index is 0.0114. The molecule has 13 heavy (non-hydrogen) atoms. The Hall–Kier alpha value is -0.610. The van der Waals surface area contributed by atoms with E-state index >= 15 is 0 Å². The van der Waals surface area contributed by atoms with E-state index in [-0.39, 0.29) is 23.9 Å². The summed E-state index contributed by atoms with van der Waals surface area (Å²) in [6.45, 7) is 0. The highest BCUT2D eigenvalue weighted by atomic mass is 16.2. The Kier molecular flexibility index (Phi) is 3.27. The number of rotatable bonds is 1. The molecule has 0 radical (unpaired) electrons. The van der Waals surface area contributed by atoms with E-state index < -0.39 is 0 Å². The molecule has 0 aliphatic heterocycles. The molecule has 0 unspecified atom stereocenters. The van der Waals surface area contributed by atoms with Crippen LogP contribution in [0, 0.1) is 5.92 Å². The van der Waals surface area contributed by atoms with E-state index in [1.165, 1.54) is 0 Å². The molecule has 4 nitrogen and oxygen atoms in total. The summed E-state index contributed by atoms with van der Waals surface area (Å²) in [6, 6.07) is 0.0638. The van der Waals surface area contributed by atoms with E-state index in [0.717, 1.165) is 19.3 Å². The largest absolute Gasteiger partial charge is 0.349 e. The van der Waals surface area contributed by atoms with E-state index in [1.807, 2.05) is 0 Å². The second kappa shape index (κ2) is 4.07. The molecule has 1 aliphatic carbocycles. The van der Waals surface area contributed by atoms with Crippen LogP contribution in [-0.4, -0.2) is 37.0 Å². The third-order valence-electron chi connectivity index (χ3n) is 2.75. The highest BCUT2D eigenvalue weighted by molar-refractivity contribution is 5.78. The molecule has 0 heterocycles. The zero-order chi connectivity index (χ0) is 10.0. The maximum atomic E-state index is 11.6. The minimum atomic E-state index is -0.0114. The third-order valence-corrected chi connectivity index (χ3v) is 2.75. The van der Waals surface area contributed by atoms with Crippen molar-refractivity contribution in [3.8, 4) is 0 Å². The topological polar surface area (TPSA) is 72.3 Å². The van der Waals surface area contributed by atoms with Crippen molar-refractivity contribution in [2.75, 3.05) is 14.1 Å². The lowest BCUT2D eigenvalue weighted by Gasteiger charge is -2.32. The molecule has 1 amide bonds. The van der Waals surface area contributed by atoms with Gasteiger partial charge in [0.2, 0.25) is 5.91 Å². The average molecular weight is 185 g/mol. The van der Waals surface area contributed by atoms with Crippen LogP contribution < -0.4 is 11.5 Å². The minimum Gasteiger partial charge on any atom is -0.349 e. The molecule has 0 bridgehead atoms. The molecular formula is C9H19N3O. The smallest absolute Gasteiger partial charge is 0.225 e. The summed E-state index contributed by atoms with van der Waals surface area (Å²) < 4.78 is 0. The maximum absolute atomic E-state index is 11.6. The van der Waals surface area contributed by atoms with Gasteiger partial charge in [-0.15, -0.1) is 0 Å². The number of hydrogen-bond donors (Lipinski definition) is 2. The summed E-state index contributed by atoms with van der Waals surface area (Å²) >= 11 is 0. The summed E-state index contributed by atoms with van der Waals surface area (Å²) in [5.41, 5.74) is 11.6. The van der Waals surface area contributed by atoms with Crippen molar-refractivity contribution in [1.29, 1.82) is 0 Å². The third kappa shape index (κ3) is 2.42. The Morgan fingerprint density at radius 3 is 2.31 bits per heavy atom. The summed E-state index contributed by atoms with van der Waals surface area (Å²) in [6.07, 6.45) is 2.48. The zero-order valence-electron chi connectivity index (χ0n) is 8.36. The Morgan fingerprint density at radius 2 is 1.85 bits per heavy atom. The van der Waals surface area contributed by atoms with Crippen molar-refractivity contribution in [2.24, 2.45) is 17.4 Å². The summed E-state index contributed by atoms with van der Waals surface area (Å²) in [7, 11) is 3.56. The van der Waals surface area contributed by atoms with Crippen LogP contribution in [0.4, 0.5) is 0 Å². The molecule has 3 atom stereocenters. The lowest BCUT2D eigenvalue weighted by atomic mass is 9.82. The molecule has 1 rings (SSSR count). The average Bonchev–Trinajstić information content (AvgIpc) is 2.08. The van der Waals surface area contributed by atoms with E-state index in [9.17, 15) is 4.79 Å². The molecular weight excluding hydrogens is 166 g/mol. The fourth-order valence-electron chi connectivity index (χ4n) is 1.82. The van der Waals surface area contributed by atoms with Gasteiger partial charge in [-0.3, -0.25) is 4.79 Å². The normalized spacial score (nSPS) is 34.3. The zero-order valence-corrected chi connectivity index (χ0v) is 8.36. The molecule has 1 fully saturated rings. The quantitative estimate of drug-likeness (QED) is 0.580. The SMILES string of the molecule is CN(C)C(=O)[C@H]1CC[C@H](N)[C@H](N)C1. The molecule has 0 aromatic heterocycles. The molecule has 76 valence electrons. The van der Waals surface area contributed by atoms with E-state index in [0.29, 0.717) is 0 Å². The van der Waals surface area contributed by atoms with Crippen molar-refractivity contribution in [3.63, 3.8) is 0 Å². The van der Waals surface area contributed by atoms with Gasteiger partial charge in [0.15, 0.2) is 0 Å². The number of hydrogen-bond acceptors (Lipinski definition) is 3. The Balaban J connectivity index is 2.50. The van der Waals surface area contributed by atoms with E-state index in [1.54, 1.807) is 19.0 Å². The Morgan fingerprint density at radius 1 is 1.23 bits per heavy atom. The van der Waals surface area contributed by atoms with Crippen LogP contribution in [0.1, 0.15) is 19.3 Å². The molecule has 4 heteroatoms. The van der Waals surface area contributed by atoms with Crippen LogP contribution in [0.5, 0.6) is 0 Å². The molecule has 0 saturated heterocycles. The lowest BCUT2D eigenvalue weighted by molar-refractivity contribution is -0.134. The first-order valence-electron chi connectivity index (χ1n) is 4.74. The van der Waals surface area contributed by atoms with E-state index in [4.69, 9.17) is 11.5 Å². The van der Waals surface area contributed by atoms with Gasteiger partial charge in [0.25, 0.3) is 0 Å². The van der Waals surface area contributed by atoms with Crippen LogP contribution in [0.25, 0.3) is 0 Å². The second-order valence-electron chi connectivity index (χ2n) is 4.07. The maximum Gasteiger partial charge on any atom is 0.225 e. The van der Waals surface area contributed by atoms with Gasteiger partial charge in [-0.25, -0.2) is 0 Å². The number of nitrogens with two attached hydrogens (primary N) is 2. The monoisotopic (exact) mass is 185 g/mol. The van der Waals surface area contributed by atoms with Crippen LogP contribution in [0.3, 0.4) is 0 Å². The van der Waals surface area contributed by atoms with Gasteiger partial charge in [0, 0.05) is 32.1 Å². The molecule has 1 aliphatic rings. The van der Waals surface area contributed by atoms with Crippen LogP contribution in [0.15, 0.2) is 0 Å². The first-order chi connectivity index (χ1) is 6.02. The van der Waals surface area contributed by atoms with Gasteiger partial charge in [-0.05, 0) is 19.3 Å². The first-order valence-corrected chi connectivity index (χ1v) is 4.74. The molecule has 1 saturated carbocycles. The van der Waals surface area contributed by atoms with Crippen molar-refractivity contribution in [3.05, 3.63) is 0 Å². The number of nitrogens with zero attached hydrogens (tertiary/aromatic N) is 1. The number of carbonyl (C=O) groups excluding carboxylic acids is 1. The highest BCUT2D eigenvalue weighted by Crippen LogP contribution is 2.23. The summed E-state index contributed by atoms with van der Waals surface area (Å²) in [5, 5.41) is 0. The fraction of sp³-hybridized carbons (Fsp3) is 0.889. The molecule has 0 aromatic rings. The summed E-state index contributed by atoms with van der Waals surface area (Å²) in [5.74, 6) is 0.271. The van der Waals surface area contributed by atoms with Crippen LogP contribution >= 0.6 is 0 Å². The van der Waals surface area contributed by atoms with Crippen molar-refractivity contribution in [2.45, 2.75) is 31.3 Å². The van der Waals surface area contributed by atoms with Gasteiger partial charge < -0.3 is 16.4 Å². The standard InChI is InChI=1S/C9H19N3O/c1-12(2)9(13)6-3-4-7(10)8(11)5-6/h6-8H,3-5,10-11H2,1-2H3/t6-,7-,8+/m0/s1. The van der Waals surface area contributed by atoms with Crippen molar-refractivity contribution in [1.82, 2.24) is 4.90 Å². The van der Waals surface area contributed by atoms with Crippen LogP contribution in [-0.2, 0) is 4.79 Å². The van der Waals surface area contributed by atoms with Crippen LogP contribution in [0.2, 0.25) is 0 Å². The summed E-state index contributed by atoms with van der Waals surface area (Å²) in [4.78, 5) is 13.2. The molecule has 0 spiro atoms.